The minimum Gasteiger partial charge on any atom is -0.399 e. The molecule has 1 aromatic rings. The van der Waals surface area contributed by atoms with Gasteiger partial charge in [0.15, 0.2) is 0 Å². The number of benzene rings is 1. The maximum absolute atomic E-state index is 12.5. The van der Waals surface area contributed by atoms with Gasteiger partial charge < -0.3 is 15.4 Å². The number of hydrogen-bond acceptors (Lipinski definition) is 3. The van der Waals surface area contributed by atoms with Crippen LogP contribution in [-0.2, 0) is 4.74 Å². The number of carbonyl (C=O) groups is 1. The molecule has 1 aromatic carbocycles. The van der Waals surface area contributed by atoms with Crippen molar-refractivity contribution >= 4 is 24.0 Å². The lowest BCUT2D eigenvalue weighted by Gasteiger charge is -2.37. The van der Waals surface area contributed by atoms with Crippen molar-refractivity contribution in [1.82, 2.24) is 4.90 Å². The molecule has 1 saturated heterocycles. The molecular formula is C14H19ClN2O2. The van der Waals surface area contributed by atoms with Crippen molar-refractivity contribution in [2.75, 3.05) is 18.9 Å². The Morgan fingerprint density at radius 1 is 1.37 bits per heavy atom. The van der Waals surface area contributed by atoms with Crippen LogP contribution in [0, 0.1) is 0 Å². The van der Waals surface area contributed by atoms with E-state index in [1.54, 1.807) is 12.1 Å². The summed E-state index contributed by atoms with van der Waals surface area (Å²) in [5, 5.41) is 0. The molecule has 1 saturated carbocycles. The molecule has 2 fully saturated rings. The minimum absolute atomic E-state index is 0. The fourth-order valence-electron chi connectivity index (χ4n) is 3.02. The van der Waals surface area contributed by atoms with Crippen molar-refractivity contribution in [2.24, 2.45) is 0 Å². The first-order chi connectivity index (χ1) is 8.75. The molecule has 1 aliphatic heterocycles. The number of morpholine rings is 1. The van der Waals surface area contributed by atoms with E-state index >= 15 is 0 Å². The topological polar surface area (TPSA) is 55.6 Å². The number of rotatable bonds is 1. The molecule has 4 nitrogen and oxygen atoms in total. The van der Waals surface area contributed by atoms with Crippen LogP contribution in [0.25, 0.3) is 0 Å². The molecule has 2 aliphatic rings. The second-order valence-corrected chi connectivity index (χ2v) is 5.03. The Labute approximate surface area is 119 Å². The number of ether oxygens (including phenoxy) is 1. The van der Waals surface area contributed by atoms with Gasteiger partial charge in [0.05, 0.1) is 18.8 Å². The number of carbonyl (C=O) groups excluding carboxylic acids is 1. The maximum atomic E-state index is 12.5. The van der Waals surface area contributed by atoms with Gasteiger partial charge in [0.2, 0.25) is 0 Å². The van der Waals surface area contributed by atoms with Crippen LogP contribution < -0.4 is 5.73 Å². The van der Waals surface area contributed by atoms with E-state index in [1.807, 2.05) is 17.0 Å². The van der Waals surface area contributed by atoms with Gasteiger partial charge in [0, 0.05) is 17.8 Å². The van der Waals surface area contributed by atoms with Crippen LogP contribution in [0.15, 0.2) is 24.3 Å². The van der Waals surface area contributed by atoms with Gasteiger partial charge in [-0.25, -0.2) is 0 Å². The summed E-state index contributed by atoms with van der Waals surface area (Å²) in [6, 6.07) is 7.47. The lowest BCUT2D eigenvalue weighted by Crippen LogP contribution is -2.51. The quantitative estimate of drug-likeness (QED) is 0.803. The molecular weight excluding hydrogens is 264 g/mol. The number of amides is 1. The number of fused-ring (bicyclic) bond motifs is 1. The molecule has 5 heteroatoms. The van der Waals surface area contributed by atoms with Gasteiger partial charge in [-0.3, -0.25) is 4.79 Å². The maximum Gasteiger partial charge on any atom is 0.254 e. The highest BCUT2D eigenvalue weighted by atomic mass is 35.5. The van der Waals surface area contributed by atoms with Crippen LogP contribution in [0.4, 0.5) is 5.69 Å². The number of halogens is 1. The normalized spacial score (nSPS) is 25.6. The third kappa shape index (κ3) is 2.69. The smallest absolute Gasteiger partial charge is 0.254 e. The van der Waals surface area contributed by atoms with E-state index in [0.717, 1.165) is 19.3 Å². The highest BCUT2D eigenvalue weighted by molar-refractivity contribution is 5.95. The van der Waals surface area contributed by atoms with Crippen molar-refractivity contribution in [2.45, 2.75) is 31.4 Å². The molecule has 19 heavy (non-hydrogen) atoms. The molecule has 2 N–H and O–H groups in total. The Morgan fingerprint density at radius 2 is 2.21 bits per heavy atom. The summed E-state index contributed by atoms with van der Waals surface area (Å²) < 4.78 is 5.72. The summed E-state index contributed by atoms with van der Waals surface area (Å²) in [5.74, 6) is 0.0856. The molecule has 2 unspecified atom stereocenters. The van der Waals surface area contributed by atoms with Gasteiger partial charge in [-0.15, -0.1) is 12.4 Å². The van der Waals surface area contributed by atoms with Crippen LogP contribution in [-0.4, -0.2) is 36.1 Å². The number of nitrogens with zero attached hydrogens (tertiary/aromatic N) is 1. The summed E-state index contributed by atoms with van der Waals surface area (Å²) in [7, 11) is 0. The molecule has 1 heterocycles. The summed E-state index contributed by atoms with van der Waals surface area (Å²) in [6.07, 6.45) is 3.52. The third-order valence-electron chi connectivity index (χ3n) is 3.88. The summed E-state index contributed by atoms with van der Waals surface area (Å²) in [5.41, 5.74) is 7.06. The van der Waals surface area contributed by atoms with Gasteiger partial charge >= 0.3 is 0 Å². The first-order valence-electron chi connectivity index (χ1n) is 6.54. The van der Waals surface area contributed by atoms with Crippen LogP contribution in [0.5, 0.6) is 0 Å². The van der Waals surface area contributed by atoms with Gasteiger partial charge in [-0.1, -0.05) is 6.07 Å². The fourth-order valence-corrected chi connectivity index (χ4v) is 3.02. The number of nitrogen functional groups attached to an aromatic ring is 1. The SMILES string of the molecule is Cl.Nc1cccc(C(=O)N2CCOC3CCCC32)c1. The van der Waals surface area contributed by atoms with Gasteiger partial charge in [-0.2, -0.15) is 0 Å². The van der Waals surface area contributed by atoms with Crippen LogP contribution in [0.2, 0.25) is 0 Å². The Morgan fingerprint density at radius 3 is 3.00 bits per heavy atom. The van der Waals surface area contributed by atoms with Crippen molar-refractivity contribution in [3.63, 3.8) is 0 Å². The van der Waals surface area contributed by atoms with Crippen LogP contribution >= 0.6 is 12.4 Å². The van der Waals surface area contributed by atoms with Gasteiger partial charge in [0.25, 0.3) is 5.91 Å². The van der Waals surface area contributed by atoms with Gasteiger partial charge in [0.1, 0.15) is 0 Å². The van der Waals surface area contributed by atoms with Crippen molar-refractivity contribution < 1.29 is 9.53 Å². The molecule has 1 amide bonds. The second-order valence-electron chi connectivity index (χ2n) is 5.03. The van der Waals surface area contributed by atoms with E-state index in [2.05, 4.69) is 0 Å². The Kier molecular flexibility index (Phi) is 4.32. The molecule has 0 spiro atoms. The van der Waals surface area contributed by atoms with Crippen LogP contribution in [0.3, 0.4) is 0 Å². The highest BCUT2D eigenvalue weighted by Crippen LogP contribution is 2.30. The van der Waals surface area contributed by atoms with E-state index in [0.29, 0.717) is 24.4 Å². The number of nitrogens with two attached hydrogens (primary N) is 1. The predicted molar refractivity (Wildman–Crippen MR) is 76.5 cm³/mol. The number of anilines is 1. The molecule has 0 aromatic heterocycles. The third-order valence-corrected chi connectivity index (χ3v) is 3.88. The summed E-state index contributed by atoms with van der Waals surface area (Å²) in [4.78, 5) is 14.5. The second kappa shape index (κ2) is 5.80. The molecule has 1 aliphatic carbocycles. The lowest BCUT2D eigenvalue weighted by atomic mass is 10.1. The fraction of sp³-hybridized carbons (Fsp3) is 0.500. The zero-order valence-corrected chi connectivity index (χ0v) is 11.6. The average molecular weight is 283 g/mol. The predicted octanol–water partition coefficient (Wildman–Crippen LogP) is 2.08. The van der Waals surface area contributed by atoms with Crippen molar-refractivity contribution in [3.05, 3.63) is 29.8 Å². The summed E-state index contributed by atoms with van der Waals surface area (Å²) >= 11 is 0. The average Bonchev–Trinajstić information content (AvgIpc) is 2.86. The summed E-state index contributed by atoms with van der Waals surface area (Å²) in [6.45, 7) is 1.34. The zero-order chi connectivity index (χ0) is 12.5. The Hall–Kier alpha value is -1.26. The van der Waals surface area contributed by atoms with E-state index in [9.17, 15) is 4.79 Å². The molecule has 3 rings (SSSR count). The van der Waals surface area contributed by atoms with Crippen molar-refractivity contribution in [3.8, 4) is 0 Å². The van der Waals surface area contributed by atoms with E-state index in [-0.39, 0.29) is 30.5 Å². The minimum atomic E-state index is 0. The van der Waals surface area contributed by atoms with E-state index in [4.69, 9.17) is 10.5 Å². The van der Waals surface area contributed by atoms with E-state index in [1.165, 1.54) is 0 Å². The standard InChI is InChI=1S/C14H18N2O2.ClH/c15-11-4-1-3-10(9-11)14(17)16-7-8-18-13-6-2-5-12(13)16;/h1,3-4,9,12-13H,2,5-8,15H2;1H. The number of hydrogen-bond donors (Lipinski definition) is 1. The van der Waals surface area contributed by atoms with Crippen molar-refractivity contribution in [1.29, 1.82) is 0 Å². The zero-order valence-electron chi connectivity index (χ0n) is 10.7. The van der Waals surface area contributed by atoms with Crippen LogP contribution in [0.1, 0.15) is 29.6 Å². The Bertz CT molecular complexity index is 467. The van der Waals surface area contributed by atoms with Gasteiger partial charge in [-0.05, 0) is 37.5 Å². The van der Waals surface area contributed by atoms with E-state index < -0.39 is 0 Å². The first kappa shape index (κ1) is 14.2. The highest BCUT2D eigenvalue weighted by Gasteiger charge is 2.38. The molecule has 2 atom stereocenters. The Balaban J connectivity index is 0.00000133. The molecule has 0 radical (unpaired) electrons. The molecule has 104 valence electrons. The largest absolute Gasteiger partial charge is 0.399 e. The monoisotopic (exact) mass is 282 g/mol. The molecule has 0 bridgehead atoms. The first-order valence-corrected chi connectivity index (χ1v) is 6.54. The lowest BCUT2D eigenvalue weighted by molar-refractivity contribution is -0.0445.